The molecular formula is C20H19F3N4OS. The maximum Gasteiger partial charge on any atom is 0.417 e. The lowest BCUT2D eigenvalue weighted by molar-refractivity contribution is -0.137. The smallest absolute Gasteiger partial charge is 0.345 e. The van der Waals surface area contributed by atoms with E-state index in [-0.39, 0.29) is 6.54 Å². The first-order chi connectivity index (χ1) is 13.8. The molecule has 3 rings (SSSR count). The molecule has 0 radical (unpaired) electrons. The summed E-state index contributed by atoms with van der Waals surface area (Å²) < 4.78 is 41.3. The Labute approximate surface area is 170 Å². The quantitative estimate of drug-likeness (QED) is 0.591. The van der Waals surface area contributed by atoms with Crippen molar-refractivity contribution in [1.29, 1.82) is 0 Å². The first kappa shape index (κ1) is 20.9. The number of carbonyl (C=O) groups excluding carboxylic acids is 1. The molecule has 0 saturated heterocycles. The van der Waals surface area contributed by atoms with Crippen molar-refractivity contribution in [3.63, 3.8) is 0 Å². The summed E-state index contributed by atoms with van der Waals surface area (Å²) in [5.74, 6) is 0.390. The fourth-order valence-corrected chi connectivity index (χ4v) is 3.54. The molecule has 1 aromatic heterocycles. The van der Waals surface area contributed by atoms with Crippen LogP contribution in [0.3, 0.4) is 0 Å². The third kappa shape index (κ3) is 4.79. The average Bonchev–Trinajstić information content (AvgIpc) is 3.08. The van der Waals surface area contributed by atoms with Crippen molar-refractivity contribution in [2.24, 2.45) is 0 Å². The fourth-order valence-electron chi connectivity index (χ4n) is 2.85. The number of nitrogens with one attached hydrogen (secondary N) is 1. The van der Waals surface area contributed by atoms with Crippen molar-refractivity contribution in [3.8, 4) is 5.69 Å². The van der Waals surface area contributed by atoms with Crippen LogP contribution in [0.15, 0.2) is 53.7 Å². The van der Waals surface area contributed by atoms with E-state index < -0.39 is 23.2 Å². The van der Waals surface area contributed by atoms with E-state index >= 15 is 0 Å². The molecule has 0 spiro atoms. The Morgan fingerprint density at radius 2 is 1.90 bits per heavy atom. The Morgan fingerprint density at radius 3 is 2.59 bits per heavy atom. The summed E-state index contributed by atoms with van der Waals surface area (Å²) in [5, 5.41) is 11.5. The number of benzene rings is 2. The highest BCUT2D eigenvalue weighted by molar-refractivity contribution is 7.99. The molecule has 1 heterocycles. The van der Waals surface area contributed by atoms with Gasteiger partial charge in [0.25, 0.3) is 5.91 Å². The molecule has 1 amide bonds. The topological polar surface area (TPSA) is 59.8 Å². The lowest BCUT2D eigenvalue weighted by atomic mass is 10.1. The zero-order chi connectivity index (χ0) is 21.0. The van der Waals surface area contributed by atoms with E-state index in [0.29, 0.717) is 11.0 Å². The normalized spacial score (nSPS) is 11.5. The van der Waals surface area contributed by atoms with E-state index in [1.807, 2.05) is 38.1 Å². The predicted octanol–water partition coefficient (Wildman–Crippen LogP) is 4.64. The van der Waals surface area contributed by atoms with Gasteiger partial charge in [-0.2, -0.15) is 13.2 Å². The number of hydrogen-bond donors (Lipinski definition) is 1. The van der Waals surface area contributed by atoms with Crippen LogP contribution in [-0.4, -0.2) is 26.4 Å². The molecule has 0 aliphatic carbocycles. The number of thioether (sulfide) groups is 1. The van der Waals surface area contributed by atoms with Crippen LogP contribution in [0.1, 0.15) is 34.2 Å². The zero-order valence-electron chi connectivity index (χ0n) is 15.8. The molecule has 9 heteroatoms. The zero-order valence-corrected chi connectivity index (χ0v) is 16.6. The van der Waals surface area contributed by atoms with Crippen molar-refractivity contribution in [1.82, 2.24) is 20.1 Å². The van der Waals surface area contributed by atoms with Gasteiger partial charge in [0.15, 0.2) is 11.0 Å². The highest BCUT2D eigenvalue weighted by atomic mass is 32.2. The fraction of sp³-hybridized carbons (Fsp3) is 0.250. The molecule has 0 unspecified atom stereocenters. The average molecular weight is 420 g/mol. The summed E-state index contributed by atoms with van der Waals surface area (Å²) in [7, 11) is 0. The molecule has 0 aliphatic rings. The summed E-state index contributed by atoms with van der Waals surface area (Å²) in [6.45, 7) is 3.88. The van der Waals surface area contributed by atoms with Crippen molar-refractivity contribution in [3.05, 3.63) is 71.0 Å². The summed E-state index contributed by atoms with van der Waals surface area (Å²) in [4.78, 5) is 12.4. The summed E-state index contributed by atoms with van der Waals surface area (Å²) in [5.41, 5.74) is 0.466. The van der Waals surface area contributed by atoms with E-state index in [4.69, 9.17) is 0 Å². The molecule has 29 heavy (non-hydrogen) atoms. The molecule has 0 atom stereocenters. The SMILES string of the molecule is CCSc1nnc(CNC(=O)c2ccccc2C(F)(F)F)n1-c1cccc(C)c1. The van der Waals surface area contributed by atoms with E-state index in [2.05, 4.69) is 15.5 Å². The van der Waals surface area contributed by atoms with Crippen molar-refractivity contribution >= 4 is 17.7 Å². The van der Waals surface area contributed by atoms with Crippen LogP contribution in [0.2, 0.25) is 0 Å². The van der Waals surface area contributed by atoms with Gasteiger partial charge in [-0.1, -0.05) is 43.0 Å². The number of rotatable bonds is 6. The first-order valence-corrected chi connectivity index (χ1v) is 9.88. The molecule has 1 N–H and O–H groups in total. The van der Waals surface area contributed by atoms with Crippen LogP contribution in [-0.2, 0) is 12.7 Å². The number of halogens is 3. The highest BCUT2D eigenvalue weighted by Crippen LogP contribution is 2.31. The monoisotopic (exact) mass is 420 g/mol. The summed E-state index contributed by atoms with van der Waals surface area (Å²) >= 11 is 1.49. The molecule has 0 saturated carbocycles. The first-order valence-electron chi connectivity index (χ1n) is 8.89. The molecule has 152 valence electrons. The van der Waals surface area contributed by atoms with Gasteiger partial charge >= 0.3 is 6.18 Å². The number of amides is 1. The van der Waals surface area contributed by atoms with E-state index in [1.54, 1.807) is 4.57 Å². The highest BCUT2D eigenvalue weighted by Gasteiger charge is 2.34. The van der Waals surface area contributed by atoms with Crippen LogP contribution >= 0.6 is 11.8 Å². The lowest BCUT2D eigenvalue weighted by Gasteiger charge is -2.13. The van der Waals surface area contributed by atoms with Crippen LogP contribution in [0, 0.1) is 6.92 Å². The van der Waals surface area contributed by atoms with Gasteiger partial charge in [0, 0.05) is 5.69 Å². The number of aryl methyl sites for hydroxylation is 1. The number of hydrogen-bond acceptors (Lipinski definition) is 4. The second kappa shape index (κ2) is 8.69. The van der Waals surface area contributed by atoms with Gasteiger partial charge in [-0.15, -0.1) is 10.2 Å². The second-order valence-electron chi connectivity index (χ2n) is 6.23. The molecule has 3 aromatic rings. The maximum absolute atomic E-state index is 13.2. The van der Waals surface area contributed by atoms with Gasteiger partial charge in [0.2, 0.25) is 0 Å². The van der Waals surface area contributed by atoms with Crippen LogP contribution in [0.4, 0.5) is 13.2 Å². The third-order valence-corrected chi connectivity index (χ3v) is 4.93. The van der Waals surface area contributed by atoms with Crippen LogP contribution in [0.5, 0.6) is 0 Å². The molecule has 5 nitrogen and oxygen atoms in total. The third-order valence-electron chi connectivity index (χ3n) is 4.12. The summed E-state index contributed by atoms with van der Waals surface area (Å²) in [6, 6.07) is 12.4. The van der Waals surface area contributed by atoms with Crippen molar-refractivity contribution < 1.29 is 18.0 Å². The van der Waals surface area contributed by atoms with Gasteiger partial charge in [-0.3, -0.25) is 9.36 Å². The Balaban J connectivity index is 1.88. The minimum absolute atomic E-state index is 0.0593. The van der Waals surface area contributed by atoms with Gasteiger partial charge in [-0.25, -0.2) is 0 Å². The van der Waals surface area contributed by atoms with Gasteiger partial charge < -0.3 is 5.32 Å². The van der Waals surface area contributed by atoms with Crippen molar-refractivity contribution in [2.45, 2.75) is 31.7 Å². The largest absolute Gasteiger partial charge is 0.417 e. The Bertz CT molecular complexity index is 1020. The lowest BCUT2D eigenvalue weighted by Crippen LogP contribution is -2.27. The standard InChI is InChI=1S/C20H19F3N4OS/c1-3-29-19-26-25-17(27(19)14-8-6-7-13(2)11-14)12-24-18(28)15-9-4-5-10-16(15)20(21,22)23/h4-11H,3,12H2,1-2H3,(H,24,28). The molecule has 0 aliphatic heterocycles. The van der Waals surface area contributed by atoms with Gasteiger partial charge in [0.05, 0.1) is 17.7 Å². The Hall–Kier alpha value is -2.81. The number of carbonyl (C=O) groups is 1. The minimum atomic E-state index is -4.61. The maximum atomic E-state index is 13.2. The van der Waals surface area contributed by atoms with Crippen molar-refractivity contribution in [2.75, 3.05) is 5.75 Å². The molecule has 0 fully saturated rings. The minimum Gasteiger partial charge on any atom is -0.345 e. The number of nitrogens with zero attached hydrogens (tertiary/aromatic N) is 3. The van der Waals surface area contributed by atoms with E-state index in [1.165, 1.54) is 23.9 Å². The number of aromatic nitrogens is 3. The predicted molar refractivity (Wildman–Crippen MR) is 105 cm³/mol. The van der Waals surface area contributed by atoms with Gasteiger partial charge in [-0.05, 0) is 42.5 Å². The Morgan fingerprint density at radius 1 is 1.14 bits per heavy atom. The van der Waals surface area contributed by atoms with E-state index in [0.717, 1.165) is 29.1 Å². The Kier molecular flexibility index (Phi) is 6.26. The van der Waals surface area contributed by atoms with Crippen LogP contribution in [0.25, 0.3) is 5.69 Å². The molecular weight excluding hydrogens is 401 g/mol. The number of alkyl halides is 3. The van der Waals surface area contributed by atoms with Crippen LogP contribution < -0.4 is 5.32 Å². The molecule has 0 bridgehead atoms. The molecule has 2 aromatic carbocycles. The summed E-state index contributed by atoms with van der Waals surface area (Å²) in [6.07, 6.45) is -4.61. The second-order valence-corrected chi connectivity index (χ2v) is 7.46. The van der Waals surface area contributed by atoms with Gasteiger partial charge in [0.1, 0.15) is 0 Å². The van der Waals surface area contributed by atoms with E-state index in [9.17, 15) is 18.0 Å².